The number of nitrogens with zero attached hydrogens (tertiary/aromatic N) is 3. The quantitative estimate of drug-likeness (QED) is 0.429. The molecule has 0 unspecified atom stereocenters. The molecule has 1 N–H and O–H groups in total. The van der Waals surface area contributed by atoms with Crippen molar-refractivity contribution in [2.75, 3.05) is 24.9 Å². The van der Waals surface area contributed by atoms with Gasteiger partial charge >= 0.3 is 10.2 Å². The maximum Gasteiger partial charge on any atom is 0.304 e. The van der Waals surface area contributed by atoms with Crippen LogP contribution in [0.2, 0.25) is 10.0 Å². The zero-order valence-electron chi connectivity index (χ0n) is 22.4. The zero-order chi connectivity index (χ0) is 28.1. The summed E-state index contributed by atoms with van der Waals surface area (Å²) in [4.78, 5) is 28.2. The summed E-state index contributed by atoms with van der Waals surface area (Å²) in [5.41, 5.74) is 2.51. The van der Waals surface area contributed by atoms with Crippen molar-refractivity contribution in [2.45, 2.75) is 59.7 Å². The van der Waals surface area contributed by atoms with Crippen molar-refractivity contribution in [3.05, 3.63) is 63.1 Å². The Morgan fingerprint density at radius 3 is 2.24 bits per heavy atom. The summed E-state index contributed by atoms with van der Waals surface area (Å²) in [6.07, 6.45) is 0.719. The summed E-state index contributed by atoms with van der Waals surface area (Å²) in [6.45, 7) is 8.55. The van der Waals surface area contributed by atoms with Crippen molar-refractivity contribution in [3.8, 4) is 0 Å². The van der Waals surface area contributed by atoms with Crippen LogP contribution in [-0.4, -0.2) is 62.2 Å². The molecule has 204 valence electrons. The first kappa shape index (κ1) is 30.9. The highest BCUT2D eigenvalue weighted by atomic mass is 35.5. The SMILES string of the molecule is CC[C@@H](C)NC(=O)[C@@H](C)N(Cc1ccc(Cl)cc1Cl)C(=O)CN(c1cc(C)ccc1C)S(=O)(=O)N(C)C. The molecule has 0 radical (unpaired) electrons. The van der Waals surface area contributed by atoms with Crippen molar-refractivity contribution < 1.29 is 18.0 Å². The fraction of sp³-hybridized carbons (Fsp3) is 0.462. The topological polar surface area (TPSA) is 90.0 Å². The number of anilines is 1. The van der Waals surface area contributed by atoms with Gasteiger partial charge in [-0.05, 0) is 69.0 Å². The number of halogens is 2. The Morgan fingerprint density at radius 2 is 1.68 bits per heavy atom. The summed E-state index contributed by atoms with van der Waals surface area (Å²) < 4.78 is 28.8. The van der Waals surface area contributed by atoms with E-state index < -0.39 is 28.7 Å². The van der Waals surface area contributed by atoms with E-state index in [0.29, 0.717) is 26.9 Å². The van der Waals surface area contributed by atoms with Crippen LogP contribution in [0.15, 0.2) is 36.4 Å². The number of hydrogen-bond donors (Lipinski definition) is 1. The minimum Gasteiger partial charge on any atom is -0.352 e. The van der Waals surface area contributed by atoms with Gasteiger partial charge in [0.2, 0.25) is 11.8 Å². The number of benzene rings is 2. The van der Waals surface area contributed by atoms with Crippen LogP contribution in [0.4, 0.5) is 5.69 Å². The number of amides is 2. The van der Waals surface area contributed by atoms with E-state index in [4.69, 9.17) is 23.2 Å². The normalized spacial score (nSPS) is 13.2. The van der Waals surface area contributed by atoms with Gasteiger partial charge in [0.1, 0.15) is 12.6 Å². The summed E-state index contributed by atoms with van der Waals surface area (Å²) in [5, 5.41) is 3.67. The van der Waals surface area contributed by atoms with E-state index in [1.54, 1.807) is 44.2 Å². The molecule has 0 saturated carbocycles. The zero-order valence-corrected chi connectivity index (χ0v) is 24.7. The molecule has 0 saturated heterocycles. The van der Waals surface area contributed by atoms with Gasteiger partial charge in [0.25, 0.3) is 0 Å². The summed E-state index contributed by atoms with van der Waals surface area (Å²) in [6, 6.07) is 9.31. The fourth-order valence-electron chi connectivity index (χ4n) is 3.57. The third-order valence-electron chi connectivity index (χ3n) is 6.18. The molecule has 2 aromatic rings. The van der Waals surface area contributed by atoms with Crippen LogP contribution in [0.25, 0.3) is 0 Å². The predicted molar refractivity (Wildman–Crippen MR) is 150 cm³/mol. The summed E-state index contributed by atoms with van der Waals surface area (Å²) in [5.74, 6) is -0.898. The number of nitrogens with one attached hydrogen (secondary N) is 1. The molecule has 0 aliphatic rings. The molecule has 2 aromatic carbocycles. The molecule has 11 heteroatoms. The third-order valence-corrected chi connectivity index (χ3v) is 8.57. The summed E-state index contributed by atoms with van der Waals surface area (Å²) >= 11 is 12.4. The Morgan fingerprint density at radius 1 is 1.03 bits per heavy atom. The molecule has 0 bridgehead atoms. The number of carbonyl (C=O) groups is 2. The monoisotopic (exact) mass is 570 g/mol. The van der Waals surface area contributed by atoms with Gasteiger partial charge < -0.3 is 10.2 Å². The molecule has 0 fully saturated rings. The van der Waals surface area contributed by atoms with Gasteiger partial charge in [0.15, 0.2) is 0 Å². The molecule has 2 rings (SSSR count). The maximum absolute atomic E-state index is 13.8. The Balaban J connectivity index is 2.54. The number of aryl methyl sites for hydroxylation is 2. The van der Waals surface area contributed by atoms with Crippen molar-refractivity contribution in [3.63, 3.8) is 0 Å². The van der Waals surface area contributed by atoms with Crippen molar-refractivity contribution >= 4 is 50.9 Å². The van der Waals surface area contributed by atoms with Gasteiger partial charge in [-0.3, -0.25) is 9.59 Å². The number of carbonyl (C=O) groups excluding carboxylic acids is 2. The molecular weight excluding hydrogens is 535 g/mol. The molecule has 2 amide bonds. The molecular formula is C26H36Cl2N4O4S. The average Bonchev–Trinajstić information content (AvgIpc) is 2.82. The smallest absolute Gasteiger partial charge is 0.304 e. The van der Waals surface area contributed by atoms with Gasteiger partial charge in [0.05, 0.1) is 5.69 Å². The van der Waals surface area contributed by atoms with E-state index in [1.165, 1.54) is 19.0 Å². The molecule has 2 atom stereocenters. The standard InChI is InChI=1S/C26H36Cl2N4O4S/c1-8-19(4)29-26(34)20(5)31(15-21-11-12-22(27)14-23(21)28)25(33)16-32(37(35,36)30(6)7)24-13-17(2)9-10-18(24)3/h9-14,19-20H,8,15-16H2,1-7H3,(H,29,34)/t19-,20-/m1/s1. The van der Waals surface area contributed by atoms with Gasteiger partial charge in [-0.25, -0.2) is 4.31 Å². The molecule has 37 heavy (non-hydrogen) atoms. The Bertz CT molecular complexity index is 1240. The van der Waals surface area contributed by atoms with Crippen LogP contribution in [0.3, 0.4) is 0 Å². The van der Waals surface area contributed by atoms with Crippen LogP contribution in [0, 0.1) is 13.8 Å². The molecule has 0 heterocycles. The lowest BCUT2D eigenvalue weighted by Crippen LogP contribution is -2.53. The van der Waals surface area contributed by atoms with Crippen molar-refractivity contribution in [1.82, 2.24) is 14.5 Å². The third kappa shape index (κ3) is 7.83. The van der Waals surface area contributed by atoms with Gasteiger partial charge in [0, 0.05) is 36.7 Å². The Labute approximate surface area is 230 Å². The van der Waals surface area contributed by atoms with Crippen LogP contribution in [0.5, 0.6) is 0 Å². The van der Waals surface area contributed by atoms with Crippen LogP contribution in [-0.2, 0) is 26.3 Å². The molecule has 0 aromatic heterocycles. The second kappa shape index (κ2) is 13.0. The first-order valence-electron chi connectivity index (χ1n) is 12.0. The average molecular weight is 572 g/mol. The Kier molecular flexibility index (Phi) is 10.8. The lowest BCUT2D eigenvalue weighted by Gasteiger charge is -2.34. The van der Waals surface area contributed by atoms with Crippen LogP contribution in [0.1, 0.15) is 43.9 Å². The van der Waals surface area contributed by atoms with E-state index in [2.05, 4.69) is 5.32 Å². The van der Waals surface area contributed by atoms with Crippen LogP contribution < -0.4 is 9.62 Å². The molecule has 0 aliphatic carbocycles. The van der Waals surface area contributed by atoms with E-state index >= 15 is 0 Å². The number of hydrogen-bond acceptors (Lipinski definition) is 4. The highest BCUT2D eigenvalue weighted by Crippen LogP contribution is 2.27. The van der Waals surface area contributed by atoms with E-state index in [0.717, 1.165) is 20.6 Å². The molecule has 8 nitrogen and oxygen atoms in total. The molecule has 0 spiro atoms. The first-order chi connectivity index (χ1) is 17.2. The molecule has 0 aliphatic heterocycles. The van der Waals surface area contributed by atoms with Gasteiger partial charge in [-0.15, -0.1) is 0 Å². The van der Waals surface area contributed by atoms with E-state index in [1.807, 2.05) is 26.8 Å². The van der Waals surface area contributed by atoms with Crippen molar-refractivity contribution in [1.29, 1.82) is 0 Å². The highest BCUT2D eigenvalue weighted by molar-refractivity contribution is 7.90. The lowest BCUT2D eigenvalue weighted by atomic mass is 10.1. The Hall–Kier alpha value is -2.33. The van der Waals surface area contributed by atoms with E-state index in [-0.39, 0.29) is 18.5 Å². The largest absolute Gasteiger partial charge is 0.352 e. The van der Waals surface area contributed by atoms with Crippen LogP contribution >= 0.6 is 23.2 Å². The minimum absolute atomic E-state index is 0.00736. The van der Waals surface area contributed by atoms with Gasteiger partial charge in [-0.1, -0.05) is 48.3 Å². The maximum atomic E-state index is 13.8. The van der Waals surface area contributed by atoms with Crippen molar-refractivity contribution in [2.24, 2.45) is 0 Å². The highest BCUT2D eigenvalue weighted by Gasteiger charge is 2.33. The number of rotatable bonds is 11. The second-order valence-corrected chi connectivity index (χ2v) is 12.2. The second-order valence-electron chi connectivity index (χ2n) is 9.34. The predicted octanol–water partition coefficient (Wildman–Crippen LogP) is 4.56. The van der Waals surface area contributed by atoms with Gasteiger partial charge in [-0.2, -0.15) is 12.7 Å². The lowest BCUT2D eigenvalue weighted by molar-refractivity contribution is -0.139. The first-order valence-corrected chi connectivity index (χ1v) is 14.2. The summed E-state index contributed by atoms with van der Waals surface area (Å²) in [7, 11) is -1.22. The minimum atomic E-state index is -4.04. The fourth-order valence-corrected chi connectivity index (χ4v) is 5.15. The van der Waals surface area contributed by atoms with E-state index in [9.17, 15) is 18.0 Å².